The van der Waals surface area contributed by atoms with Crippen LogP contribution >= 0.6 is 0 Å². The molecule has 32 fully saturated rings. The van der Waals surface area contributed by atoms with Crippen molar-refractivity contribution in [3.05, 3.63) is 0 Å². The van der Waals surface area contributed by atoms with Gasteiger partial charge in [-0.25, -0.2) is 0 Å². The molecule has 16 bridgehead atoms. The van der Waals surface area contributed by atoms with Crippen LogP contribution in [0, 0.1) is 0 Å². The van der Waals surface area contributed by atoms with Gasteiger partial charge >= 0.3 is 0 Å². The molecule has 0 saturated carbocycles. The predicted octanol–water partition coefficient (Wildman–Crippen LogP) is -21.8. The van der Waals surface area contributed by atoms with Gasteiger partial charge < -0.3 is 248 Å². The molecule has 0 amide bonds. The van der Waals surface area contributed by atoms with Crippen LogP contribution in [0.5, 0.6) is 0 Å². The second kappa shape index (κ2) is 37.9. The number of aliphatic hydroxyl groups is 30. The molecule has 0 aromatic carbocycles. The first-order valence-electron chi connectivity index (χ1n) is 35.2. The average Bonchev–Trinajstić information content (AvgIpc) is 0.777. The van der Waals surface area contributed by atoms with Crippen molar-refractivity contribution in [2.24, 2.45) is 0 Å². The third-order valence-electron chi connectivity index (χ3n) is 21.1. The van der Waals surface area contributed by atoms with E-state index >= 15 is 0 Å². The van der Waals surface area contributed by atoms with Crippen molar-refractivity contribution in [1.29, 1.82) is 0 Å². The predicted molar refractivity (Wildman–Crippen MR) is 326 cm³/mol. The Morgan fingerprint density at radius 3 is 0.464 bits per heavy atom. The van der Waals surface area contributed by atoms with Gasteiger partial charge in [-0.2, -0.15) is 0 Å². The van der Waals surface area contributed by atoms with Crippen LogP contribution in [0.1, 0.15) is 0 Å². The van der Waals surface area contributed by atoms with E-state index in [2.05, 4.69) is 0 Å². The van der Waals surface area contributed by atoms with E-state index in [1.807, 2.05) is 0 Å². The first-order valence-corrected chi connectivity index (χ1v) is 35.2. The van der Waals surface area contributed by atoms with E-state index in [0.29, 0.717) is 0 Å². The molecule has 0 aromatic rings. The summed E-state index contributed by atoms with van der Waals surface area (Å²) in [7, 11) is 0. The molecule has 50 heteroatoms. The summed E-state index contributed by atoms with van der Waals surface area (Å²) >= 11 is 0. The van der Waals surface area contributed by atoms with Crippen LogP contribution in [0.2, 0.25) is 0 Å². The van der Waals surface area contributed by atoms with Gasteiger partial charge in [-0.15, -0.1) is 0 Å². The molecule has 50 nitrogen and oxygen atoms in total. The highest BCUT2D eigenvalue weighted by atomic mass is 16.8. The zero-order chi connectivity index (χ0) is 80.1. The minimum atomic E-state index is -2.42. The van der Waals surface area contributed by atoms with Crippen molar-refractivity contribution in [1.82, 2.24) is 0 Å². The minimum absolute atomic E-state index is 0.955. The van der Waals surface area contributed by atoms with Gasteiger partial charge in [0.2, 0.25) is 0 Å². The Bertz CT molecular complexity index is 2610. The molecule has 110 heavy (non-hydrogen) atoms. The van der Waals surface area contributed by atoms with Crippen LogP contribution < -0.4 is 0 Å². The number of aliphatic hydroxyl groups excluding tert-OH is 30. The third-order valence-corrected chi connectivity index (χ3v) is 21.1. The number of rotatable bonds is 14. The molecule has 0 aromatic heterocycles. The SMILES string of the molecule is OC[C@H]1O[C@H](OC[C@H]2O[C@@H]3O[C@H]4[C@H](O)[C@@H](O)[C@@H](O[C@H]5[C@H](O)[C@@H](O)[C@@H](O[C@H]6[C@H](O)[C@@H](O)[C@@H](O[C@H]7[C@H](O)[C@@H](O)[C@@H](O[C@H]8[C@H](O)[C@@H](O)[C@@H](O[C@H]9[C@H](O)[C@@H](O)[C@@H](O[C@H]%10[C@H](O)[C@@H](O)[C@@H](O[C@H]2[C@H](O)[C@H]3O)O[C@@H]%10CO)O[C@@H]9CO)O[C@@H]8CO)O[C@@H]7CO[C@H]2O[C@H](CO)[C@H](O)[C@H](O)[C@H]2O)O[C@@H]6CO)O[C@@H]5CO)O[C@@H]4CO)[C@H](O)[C@@H](O)[C@H]1O. The lowest BCUT2D eigenvalue weighted by atomic mass is 9.94. The fraction of sp³-hybridized carbons (Fsp3) is 1.00. The minimum Gasteiger partial charge on any atom is -0.394 e. The van der Waals surface area contributed by atoms with E-state index in [4.69, 9.17) is 94.7 Å². The second-order valence-electron chi connectivity index (χ2n) is 28.2. The zero-order valence-corrected chi connectivity index (χ0v) is 57.5. The molecule has 0 radical (unpaired) electrons. The van der Waals surface area contributed by atoms with Gasteiger partial charge in [-0.3, -0.25) is 0 Å². The van der Waals surface area contributed by atoms with Crippen LogP contribution in [0.15, 0.2) is 0 Å². The standard InChI is InChI=1S/C60H100O50/c61-1-11-21(69)23(71)33(81)51(93-11)91-9-19-49-31(79)41(89)59(101-19)107-47-17(7-67)97-55(37(85)27(47)75)103-43-13(3-63)96-54(36(84)26(43)74)106-46-16(6-66)100-58(40(88)30(46)78)110-50-20(10-92-52-34(82)24(72)22(70)12(2-62)94-52)102-60(42(90)32(50)80)108-48-18(8-68)98-56(38(86)28(48)76)104-44-14(4-64)95-53(35(83)25(44)73)105-45-15(5-65)99-57(109-49)39(87)29(45)77/h11-90H,1-10H2/t11-,12-,13-,14-,15-,16-,17-,18-,19-,20-,21+,22+,23+,24+,25-,26-,27-,28-,29-,30-,31-,32-,33-,34-,35-,36-,37-,38-,39-,40-,41-,42-,43-,44-,45-,46-,47-,48-,49-,50-,51+,52+,53-,54-,55-,56-,57-,58-,59-,60-/m1/s1. The van der Waals surface area contributed by atoms with Gasteiger partial charge in [0, 0.05) is 0 Å². The summed E-state index contributed by atoms with van der Waals surface area (Å²) in [6.45, 7) is -11.1. The highest BCUT2D eigenvalue weighted by Crippen LogP contribution is 2.41. The summed E-state index contributed by atoms with van der Waals surface area (Å²) in [6, 6.07) is 0. The second-order valence-corrected chi connectivity index (χ2v) is 28.2. The van der Waals surface area contributed by atoms with Crippen LogP contribution in [-0.2, 0) is 94.7 Å². The van der Waals surface area contributed by atoms with Crippen molar-refractivity contribution in [3.63, 3.8) is 0 Å². The quantitative estimate of drug-likeness (QED) is 0.0768. The lowest BCUT2D eigenvalue weighted by Gasteiger charge is -2.51. The Morgan fingerprint density at radius 1 is 0.145 bits per heavy atom. The summed E-state index contributed by atoms with van der Waals surface area (Å²) in [5, 5.41) is 335. The Morgan fingerprint density at radius 2 is 0.300 bits per heavy atom. The maximum absolute atomic E-state index is 11.9. The fourth-order valence-electron chi connectivity index (χ4n) is 14.7. The first-order chi connectivity index (χ1) is 52.3. The topological polar surface area (TPSA) is 792 Å². The Hall–Kier alpha value is -2.00. The maximum Gasteiger partial charge on any atom is 0.187 e. The van der Waals surface area contributed by atoms with Gasteiger partial charge in [-0.05, 0) is 0 Å². The Balaban J connectivity index is 0.887. The molecule has 32 saturated heterocycles. The molecule has 32 rings (SSSR count). The lowest BCUT2D eigenvalue weighted by molar-refractivity contribution is -0.406. The van der Waals surface area contributed by atoms with E-state index in [0.717, 1.165) is 0 Å². The van der Waals surface area contributed by atoms with Gasteiger partial charge in [0.05, 0.1) is 66.1 Å². The molecule has 640 valence electrons. The molecule has 32 aliphatic rings. The first kappa shape index (κ1) is 88.8. The summed E-state index contributed by atoms with van der Waals surface area (Å²) in [6.07, 6.45) is -107. The van der Waals surface area contributed by atoms with Crippen molar-refractivity contribution in [2.45, 2.75) is 307 Å². The molecule has 0 spiro atoms. The average molecular weight is 1620 g/mol. The highest BCUT2D eigenvalue weighted by molar-refractivity contribution is 5.04. The lowest BCUT2D eigenvalue weighted by Crippen LogP contribution is -2.69. The van der Waals surface area contributed by atoms with Gasteiger partial charge in [-0.1, -0.05) is 0 Å². The molecule has 50 atom stereocenters. The summed E-state index contributed by atoms with van der Waals surface area (Å²) < 4.78 is 116. The van der Waals surface area contributed by atoms with Crippen LogP contribution in [0.4, 0.5) is 0 Å². The van der Waals surface area contributed by atoms with E-state index in [1.165, 1.54) is 0 Å². The molecule has 0 aliphatic carbocycles. The third kappa shape index (κ3) is 17.8. The largest absolute Gasteiger partial charge is 0.394 e. The molecule has 32 heterocycles. The van der Waals surface area contributed by atoms with E-state index in [-0.39, 0.29) is 0 Å². The molecular weight excluding hydrogens is 1520 g/mol. The van der Waals surface area contributed by atoms with Crippen molar-refractivity contribution < 1.29 is 248 Å². The van der Waals surface area contributed by atoms with Gasteiger partial charge in [0.25, 0.3) is 0 Å². The van der Waals surface area contributed by atoms with Crippen molar-refractivity contribution >= 4 is 0 Å². The Kier molecular flexibility index (Phi) is 30.6. The highest BCUT2D eigenvalue weighted by Gasteiger charge is 2.62. The molecule has 30 N–H and O–H groups in total. The summed E-state index contributed by atoms with van der Waals surface area (Å²) in [4.78, 5) is 0. The normalized spacial score (nSPS) is 55.1. The smallest absolute Gasteiger partial charge is 0.187 e. The van der Waals surface area contributed by atoms with E-state index in [9.17, 15) is 153 Å². The number of hydrogen-bond donors (Lipinski definition) is 30. The summed E-state index contributed by atoms with van der Waals surface area (Å²) in [5.74, 6) is 0. The summed E-state index contributed by atoms with van der Waals surface area (Å²) in [5.41, 5.74) is 0. The Labute approximate surface area is 619 Å². The molecule has 0 unspecified atom stereocenters. The number of ether oxygens (including phenoxy) is 20. The van der Waals surface area contributed by atoms with Gasteiger partial charge in [0.1, 0.15) is 244 Å². The monoisotopic (exact) mass is 1620 g/mol. The van der Waals surface area contributed by atoms with E-state index in [1.54, 1.807) is 0 Å². The van der Waals surface area contributed by atoms with Crippen molar-refractivity contribution in [3.8, 4) is 0 Å². The molecule has 32 aliphatic heterocycles. The van der Waals surface area contributed by atoms with Crippen LogP contribution in [0.3, 0.4) is 0 Å². The van der Waals surface area contributed by atoms with Crippen LogP contribution in [-0.4, -0.2) is 526 Å². The van der Waals surface area contributed by atoms with E-state index < -0.39 is 373 Å². The van der Waals surface area contributed by atoms with Crippen LogP contribution in [0.25, 0.3) is 0 Å². The fourth-order valence-corrected chi connectivity index (χ4v) is 14.7. The zero-order valence-electron chi connectivity index (χ0n) is 57.5. The van der Waals surface area contributed by atoms with Crippen molar-refractivity contribution in [2.75, 3.05) is 66.1 Å². The van der Waals surface area contributed by atoms with Gasteiger partial charge in [0.15, 0.2) is 62.9 Å². The number of hydrogen-bond acceptors (Lipinski definition) is 50. The maximum atomic E-state index is 11.9. The molecular formula is C60H100O50.